The van der Waals surface area contributed by atoms with E-state index in [0.717, 1.165) is 0 Å². The van der Waals surface area contributed by atoms with Gasteiger partial charge in [0.05, 0.1) is 0 Å². The molecular weight excluding hydrogens is 294 g/mol. The van der Waals surface area contributed by atoms with Crippen LogP contribution in [0.15, 0.2) is 60.7 Å². The standard InChI is InChI=1S/C17H19N3O3/c1-2-18-16(22)20-19-15(21)17(23,13-9-5-3-6-10-13)14-11-7-4-8-12-14/h3-12,23H,2H2,1H3,(H,19,21)(H2,18,20,22). The maximum atomic E-state index is 12.6. The first-order chi connectivity index (χ1) is 11.1. The van der Waals surface area contributed by atoms with Crippen LogP contribution in [0.5, 0.6) is 0 Å². The van der Waals surface area contributed by atoms with E-state index in [2.05, 4.69) is 16.2 Å². The second-order valence-electron chi connectivity index (χ2n) is 4.88. The van der Waals surface area contributed by atoms with Crippen LogP contribution >= 0.6 is 0 Å². The molecule has 0 spiro atoms. The Labute approximate surface area is 134 Å². The van der Waals surface area contributed by atoms with E-state index in [1.165, 1.54) is 0 Å². The first kappa shape index (κ1) is 16.5. The van der Waals surface area contributed by atoms with E-state index in [0.29, 0.717) is 17.7 Å². The molecule has 0 aromatic heterocycles. The summed E-state index contributed by atoms with van der Waals surface area (Å²) in [5.74, 6) is -0.749. The number of urea groups is 1. The lowest BCUT2D eigenvalue weighted by Gasteiger charge is -2.28. The number of hydrogen-bond donors (Lipinski definition) is 4. The van der Waals surface area contributed by atoms with Crippen LogP contribution in [0, 0.1) is 0 Å². The molecule has 6 heteroatoms. The summed E-state index contributed by atoms with van der Waals surface area (Å²) in [5, 5.41) is 13.6. The van der Waals surface area contributed by atoms with Crippen molar-refractivity contribution in [1.82, 2.24) is 16.2 Å². The van der Waals surface area contributed by atoms with Crippen molar-refractivity contribution in [3.05, 3.63) is 71.8 Å². The molecule has 6 nitrogen and oxygen atoms in total. The van der Waals surface area contributed by atoms with Crippen molar-refractivity contribution >= 4 is 11.9 Å². The summed E-state index contributed by atoms with van der Waals surface area (Å²) < 4.78 is 0. The Morgan fingerprint density at radius 2 is 1.39 bits per heavy atom. The van der Waals surface area contributed by atoms with Crippen LogP contribution in [-0.2, 0) is 10.4 Å². The zero-order valence-corrected chi connectivity index (χ0v) is 12.7. The highest BCUT2D eigenvalue weighted by Crippen LogP contribution is 2.29. The monoisotopic (exact) mass is 313 g/mol. The highest BCUT2D eigenvalue weighted by Gasteiger charge is 2.40. The van der Waals surface area contributed by atoms with E-state index >= 15 is 0 Å². The van der Waals surface area contributed by atoms with Gasteiger partial charge in [-0.1, -0.05) is 60.7 Å². The van der Waals surface area contributed by atoms with Gasteiger partial charge in [0.2, 0.25) is 0 Å². The van der Waals surface area contributed by atoms with Crippen LogP contribution in [-0.4, -0.2) is 23.6 Å². The summed E-state index contributed by atoms with van der Waals surface area (Å²) in [4.78, 5) is 24.0. The predicted octanol–water partition coefficient (Wildman–Crippen LogP) is 1.27. The molecule has 0 aliphatic heterocycles. The van der Waals surface area contributed by atoms with E-state index in [9.17, 15) is 14.7 Å². The number of rotatable bonds is 4. The van der Waals surface area contributed by atoms with Crippen LogP contribution in [0.1, 0.15) is 18.1 Å². The van der Waals surface area contributed by atoms with Gasteiger partial charge in [0.15, 0.2) is 5.60 Å². The van der Waals surface area contributed by atoms with Crippen molar-refractivity contribution in [2.75, 3.05) is 6.54 Å². The number of hydrazine groups is 1. The molecule has 4 N–H and O–H groups in total. The van der Waals surface area contributed by atoms with Gasteiger partial charge in [0.1, 0.15) is 0 Å². The first-order valence-electron chi connectivity index (χ1n) is 7.26. The Morgan fingerprint density at radius 1 is 0.913 bits per heavy atom. The zero-order valence-electron chi connectivity index (χ0n) is 12.7. The smallest absolute Gasteiger partial charge is 0.333 e. The fourth-order valence-electron chi connectivity index (χ4n) is 2.20. The molecule has 0 saturated carbocycles. The predicted molar refractivity (Wildman–Crippen MR) is 86.2 cm³/mol. The second-order valence-corrected chi connectivity index (χ2v) is 4.88. The van der Waals surface area contributed by atoms with Gasteiger partial charge >= 0.3 is 6.03 Å². The lowest BCUT2D eigenvalue weighted by Crippen LogP contribution is -2.54. The fourth-order valence-corrected chi connectivity index (χ4v) is 2.20. The third kappa shape index (κ3) is 3.67. The summed E-state index contributed by atoms with van der Waals surface area (Å²) in [7, 11) is 0. The molecule has 2 aromatic rings. The van der Waals surface area contributed by atoms with E-state index in [4.69, 9.17) is 0 Å². The molecule has 0 bridgehead atoms. The molecule has 120 valence electrons. The molecule has 0 saturated heterocycles. The third-order valence-electron chi connectivity index (χ3n) is 3.34. The molecule has 2 rings (SSSR count). The summed E-state index contributed by atoms with van der Waals surface area (Å²) in [6, 6.07) is 16.6. The number of carbonyl (C=O) groups is 2. The molecule has 0 unspecified atom stereocenters. The molecule has 2 aromatic carbocycles. The Morgan fingerprint density at radius 3 is 1.83 bits per heavy atom. The molecule has 0 fully saturated rings. The van der Waals surface area contributed by atoms with E-state index in [1.807, 2.05) is 0 Å². The van der Waals surface area contributed by atoms with E-state index in [-0.39, 0.29) is 0 Å². The van der Waals surface area contributed by atoms with Gasteiger partial charge in [0, 0.05) is 6.54 Å². The minimum atomic E-state index is -1.91. The van der Waals surface area contributed by atoms with E-state index in [1.54, 1.807) is 67.6 Å². The van der Waals surface area contributed by atoms with Gasteiger partial charge in [-0.15, -0.1) is 0 Å². The summed E-state index contributed by atoms with van der Waals surface area (Å²) in [6.07, 6.45) is 0. The van der Waals surface area contributed by atoms with Gasteiger partial charge in [-0.2, -0.15) is 0 Å². The SMILES string of the molecule is CCNC(=O)NNC(=O)C(O)(c1ccccc1)c1ccccc1. The summed E-state index contributed by atoms with van der Waals surface area (Å²) in [5.41, 5.74) is 3.37. The van der Waals surface area contributed by atoms with Gasteiger partial charge in [-0.3, -0.25) is 10.2 Å². The average Bonchev–Trinajstić information content (AvgIpc) is 2.60. The third-order valence-corrected chi connectivity index (χ3v) is 3.34. The van der Waals surface area contributed by atoms with Crippen LogP contribution in [0.3, 0.4) is 0 Å². The maximum absolute atomic E-state index is 12.6. The van der Waals surface area contributed by atoms with Crippen LogP contribution < -0.4 is 16.2 Å². The van der Waals surface area contributed by atoms with Crippen molar-refractivity contribution in [2.45, 2.75) is 12.5 Å². The maximum Gasteiger partial charge on any atom is 0.333 e. The number of benzene rings is 2. The lowest BCUT2D eigenvalue weighted by atomic mass is 9.85. The Kier molecular flexibility index (Phi) is 5.32. The molecule has 23 heavy (non-hydrogen) atoms. The molecule has 0 aliphatic rings. The number of amides is 3. The fraction of sp³-hybridized carbons (Fsp3) is 0.176. The van der Waals surface area contributed by atoms with Crippen molar-refractivity contribution in [3.63, 3.8) is 0 Å². The molecule has 0 radical (unpaired) electrons. The second kappa shape index (κ2) is 7.42. The largest absolute Gasteiger partial charge is 0.372 e. The topological polar surface area (TPSA) is 90.5 Å². The van der Waals surface area contributed by atoms with Crippen LogP contribution in [0.4, 0.5) is 4.79 Å². The number of nitrogens with one attached hydrogen (secondary N) is 3. The number of aliphatic hydroxyl groups is 1. The lowest BCUT2D eigenvalue weighted by molar-refractivity contribution is -0.137. The normalized spacial score (nSPS) is 10.7. The molecule has 3 amide bonds. The minimum absolute atomic E-state index is 0.404. The van der Waals surface area contributed by atoms with Crippen LogP contribution in [0.25, 0.3) is 0 Å². The van der Waals surface area contributed by atoms with E-state index < -0.39 is 17.5 Å². The highest BCUT2D eigenvalue weighted by molar-refractivity contribution is 5.91. The quantitative estimate of drug-likeness (QED) is 0.641. The Balaban J connectivity index is 2.31. The summed E-state index contributed by atoms with van der Waals surface area (Å²) in [6.45, 7) is 2.18. The Bertz CT molecular complexity index is 620. The average molecular weight is 313 g/mol. The van der Waals surface area contributed by atoms with Gasteiger partial charge < -0.3 is 10.4 Å². The molecule has 0 aliphatic carbocycles. The zero-order chi connectivity index (χ0) is 16.7. The Hall–Kier alpha value is -2.86. The van der Waals surface area contributed by atoms with Crippen molar-refractivity contribution < 1.29 is 14.7 Å². The highest BCUT2D eigenvalue weighted by atomic mass is 16.3. The van der Waals surface area contributed by atoms with Crippen molar-refractivity contribution in [3.8, 4) is 0 Å². The summed E-state index contributed by atoms with van der Waals surface area (Å²) >= 11 is 0. The van der Waals surface area contributed by atoms with Crippen molar-refractivity contribution in [2.24, 2.45) is 0 Å². The van der Waals surface area contributed by atoms with Crippen LogP contribution in [0.2, 0.25) is 0 Å². The minimum Gasteiger partial charge on any atom is -0.372 e. The molecular formula is C17H19N3O3. The number of hydrogen-bond acceptors (Lipinski definition) is 3. The molecule has 0 heterocycles. The van der Waals surface area contributed by atoms with Crippen molar-refractivity contribution in [1.29, 1.82) is 0 Å². The first-order valence-corrected chi connectivity index (χ1v) is 7.26. The molecule has 0 atom stereocenters. The van der Waals surface area contributed by atoms with Gasteiger partial charge in [-0.05, 0) is 18.1 Å². The van der Waals surface area contributed by atoms with Gasteiger partial charge in [-0.25, -0.2) is 10.2 Å². The number of carbonyl (C=O) groups excluding carboxylic acids is 2. The van der Waals surface area contributed by atoms with Gasteiger partial charge in [0.25, 0.3) is 5.91 Å².